The Morgan fingerprint density at radius 2 is 1.77 bits per heavy atom. The summed E-state index contributed by atoms with van der Waals surface area (Å²) in [5.41, 5.74) is 0.793. The molecule has 0 heterocycles. The van der Waals surface area contributed by atoms with Crippen molar-refractivity contribution in [2.24, 2.45) is 5.10 Å². The Kier molecular flexibility index (Phi) is 7.40. The van der Waals surface area contributed by atoms with Crippen molar-refractivity contribution in [1.82, 2.24) is 10.1 Å². The average Bonchev–Trinajstić information content (AvgIpc) is 2.71. The molecule has 0 saturated carbocycles. The van der Waals surface area contributed by atoms with Gasteiger partial charge in [0.15, 0.2) is 11.5 Å². The number of hydrogen-bond donors (Lipinski definition) is 2. The number of nitrogens with one attached hydrogen (secondary N) is 2. The number of amides is 1. The van der Waals surface area contributed by atoms with Crippen molar-refractivity contribution in [2.75, 3.05) is 20.8 Å². The first-order valence-corrected chi connectivity index (χ1v) is 9.76. The van der Waals surface area contributed by atoms with Gasteiger partial charge < -0.3 is 9.47 Å². The number of sulfonamides is 1. The summed E-state index contributed by atoms with van der Waals surface area (Å²) in [7, 11) is -1.33. The van der Waals surface area contributed by atoms with Crippen LogP contribution in [0.1, 0.15) is 11.1 Å². The van der Waals surface area contributed by atoms with Gasteiger partial charge in [-0.2, -0.15) is 18.3 Å². The monoisotopic (exact) mass is 445 g/mol. The number of benzene rings is 2. The highest BCUT2D eigenvalue weighted by atomic mass is 32.2. The molecule has 0 bridgehead atoms. The molecule has 0 fully saturated rings. The van der Waals surface area contributed by atoms with E-state index in [4.69, 9.17) is 9.47 Å². The average molecular weight is 445 g/mol. The molecule has 30 heavy (non-hydrogen) atoms. The van der Waals surface area contributed by atoms with Crippen molar-refractivity contribution < 1.29 is 35.9 Å². The number of ether oxygens (including phenoxy) is 2. The smallest absolute Gasteiger partial charge is 0.417 e. The van der Waals surface area contributed by atoms with Crippen LogP contribution in [0, 0.1) is 0 Å². The lowest BCUT2D eigenvalue weighted by molar-refractivity contribution is -0.137. The van der Waals surface area contributed by atoms with Crippen molar-refractivity contribution in [3.05, 3.63) is 53.6 Å². The number of carbonyl (C=O) groups excluding carboxylic acids is 1. The Bertz CT molecular complexity index is 1040. The molecule has 0 aliphatic carbocycles. The van der Waals surface area contributed by atoms with E-state index in [1.807, 2.05) is 5.43 Å². The van der Waals surface area contributed by atoms with Gasteiger partial charge in [-0.25, -0.2) is 18.6 Å². The molecule has 2 aromatic carbocycles. The summed E-state index contributed by atoms with van der Waals surface area (Å²) >= 11 is 0. The van der Waals surface area contributed by atoms with Crippen molar-refractivity contribution in [2.45, 2.75) is 11.1 Å². The molecule has 2 rings (SSSR count). The van der Waals surface area contributed by atoms with E-state index < -0.39 is 34.2 Å². The van der Waals surface area contributed by atoms with Gasteiger partial charge >= 0.3 is 6.18 Å². The molecule has 0 radical (unpaired) electrons. The minimum absolute atomic E-state index is 0.171. The molecule has 0 spiro atoms. The van der Waals surface area contributed by atoms with Gasteiger partial charge in [0.1, 0.15) is 0 Å². The molecule has 0 atom stereocenters. The zero-order valence-corrected chi connectivity index (χ0v) is 16.7. The summed E-state index contributed by atoms with van der Waals surface area (Å²) in [6.45, 7) is -0.686. The van der Waals surface area contributed by atoms with Gasteiger partial charge in [0.05, 0.1) is 37.4 Å². The highest BCUT2D eigenvalue weighted by Gasteiger charge is 2.32. The number of halogens is 3. The van der Waals surface area contributed by atoms with E-state index in [-0.39, 0.29) is 16.2 Å². The Morgan fingerprint density at radius 1 is 1.10 bits per heavy atom. The van der Waals surface area contributed by atoms with E-state index in [9.17, 15) is 26.4 Å². The summed E-state index contributed by atoms with van der Waals surface area (Å²) in [5, 5.41) is 3.44. The number of rotatable bonds is 8. The first kappa shape index (κ1) is 23.2. The van der Waals surface area contributed by atoms with Crippen LogP contribution in [-0.2, 0) is 21.0 Å². The van der Waals surface area contributed by atoms with E-state index in [0.29, 0.717) is 5.75 Å². The normalized spacial score (nSPS) is 12.0. The second-order valence-corrected chi connectivity index (χ2v) is 7.49. The first-order valence-electron chi connectivity index (χ1n) is 8.28. The largest absolute Gasteiger partial charge is 0.493 e. The van der Waals surface area contributed by atoms with Crippen LogP contribution in [0.2, 0.25) is 0 Å². The highest BCUT2D eigenvalue weighted by Crippen LogP contribution is 2.31. The minimum Gasteiger partial charge on any atom is -0.493 e. The lowest BCUT2D eigenvalue weighted by Crippen LogP contribution is -2.35. The summed E-state index contributed by atoms with van der Waals surface area (Å²) in [6.07, 6.45) is -3.76. The number of nitrogens with zero attached hydrogens (tertiary/aromatic N) is 1. The molecule has 12 heteroatoms. The van der Waals surface area contributed by atoms with Crippen LogP contribution < -0.4 is 19.6 Å². The molecule has 2 N–H and O–H groups in total. The van der Waals surface area contributed by atoms with E-state index in [0.717, 1.165) is 12.3 Å². The van der Waals surface area contributed by atoms with Crippen molar-refractivity contribution in [1.29, 1.82) is 0 Å². The summed E-state index contributed by atoms with van der Waals surface area (Å²) in [4.78, 5) is 11.6. The molecule has 0 aromatic heterocycles. The lowest BCUT2D eigenvalue weighted by atomic mass is 10.1. The van der Waals surface area contributed by atoms with Gasteiger partial charge in [-0.15, -0.1) is 0 Å². The van der Waals surface area contributed by atoms with Crippen LogP contribution >= 0.6 is 0 Å². The third-order valence-corrected chi connectivity index (χ3v) is 5.15. The number of carbonyl (C=O) groups is 1. The van der Waals surface area contributed by atoms with Crippen LogP contribution in [0.15, 0.2) is 52.5 Å². The first-order chi connectivity index (χ1) is 14.1. The van der Waals surface area contributed by atoms with Crippen molar-refractivity contribution in [3.8, 4) is 11.5 Å². The second-order valence-electron chi connectivity index (χ2n) is 5.72. The molecular formula is C18H18F3N3O5S. The molecule has 0 aliphatic heterocycles. The third kappa shape index (κ3) is 5.94. The Hall–Kier alpha value is -3.12. The third-order valence-electron chi connectivity index (χ3n) is 3.75. The van der Waals surface area contributed by atoms with E-state index >= 15 is 0 Å². The molecule has 2 aromatic rings. The molecule has 0 unspecified atom stereocenters. The quantitative estimate of drug-likeness (QED) is 0.479. The maximum absolute atomic E-state index is 12.9. The Morgan fingerprint density at radius 3 is 2.40 bits per heavy atom. The SMILES string of the molecule is COc1ccc(S(=O)(=O)NCC(=O)N/N=C\c2ccccc2C(F)(F)F)cc1OC. The fourth-order valence-corrected chi connectivity index (χ4v) is 3.31. The van der Waals surface area contributed by atoms with Crippen LogP contribution in [0.5, 0.6) is 11.5 Å². The summed E-state index contributed by atoms with van der Waals surface area (Å²) in [6, 6.07) is 8.52. The fourth-order valence-electron chi connectivity index (χ4n) is 2.31. The van der Waals surface area contributed by atoms with E-state index in [1.165, 1.54) is 50.6 Å². The zero-order chi connectivity index (χ0) is 22.4. The van der Waals surface area contributed by atoms with Gasteiger partial charge in [-0.3, -0.25) is 4.79 Å². The molecule has 0 aliphatic rings. The van der Waals surface area contributed by atoms with Crippen LogP contribution in [0.4, 0.5) is 13.2 Å². The predicted molar refractivity (Wildman–Crippen MR) is 102 cm³/mol. The Labute approximate surface area is 170 Å². The predicted octanol–water partition coefficient (Wildman–Crippen LogP) is 2.15. The molecule has 162 valence electrons. The molecule has 0 saturated heterocycles. The number of methoxy groups -OCH3 is 2. The molecular weight excluding hydrogens is 427 g/mol. The van der Waals surface area contributed by atoms with Crippen molar-refractivity contribution in [3.63, 3.8) is 0 Å². The summed E-state index contributed by atoms with van der Waals surface area (Å²) < 4.78 is 75.4. The van der Waals surface area contributed by atoms with Gasteiger partial charge in [-0.05, 0) is 18.2 Å². The maximum atomic E-state index is 12.9. The van der Waals surface area contributed by atoms with Gasteiger partial charge in [0.25, 0.3) is 5.91 Å². The van der Waals surface area contributed by atoms with Crippen LogP contribution in [0.3, 0.4) is 0 Å². The van der Waals surface area contributed by atoms with Crippen molar-refractivity contribution >= 4 is 22.1 Å². The van der Waals surface area contributed by atoms with E-state index in [2.05, 4.69) is 9.82 Å². The van der Waals surface area contributed by atoms with Gasteiger partial charge in [0, 0.05) is 11.6 Å². The minimum atomic E-state index is -4.58. The zero-order valence-electron chi connectivity index (χ0n) is 15.9. The summed E-state index contributed by atoms with van der Waals surface area (Å²) in [5.74, 6) is -0.375. The van der Waals surface area contributed by atoms with Gasteiger partial charge in [0.2, 0.25) is 10.0 Å². The molecule has 8 nitrogen and oxygen atoms in total. The second kappa shape index (κ2) is 9.59. The highest BCUT2D eigenvalue weighted by molar-refractivity contribution is 7.89. The van der Waals surface area contributed by atoms with E-state index in [1.54, 1.807) is 0 Å². The number of hydrazone groups is 1. The van der Waals surface area contributed by atoms with Crippen LogP contribution in [0.25, 0.3) is 0 Å². The fraction of sp³-hybridized carbons (Fsp3) is 0.222. The number of hydrogen-bond acceptors (Lipinski definition) is 6. The molecule has 1 amide bonds. The Balaban J connectivity index is 2.00. The van der Waals surface area contributed by atoms with Gasteiger partial charge in [-0.1, -0.05) is 18.2 Å². The standard InChI is InChI=1S/C18H18F3N3O5S/c1-28-15-8-7-13(9-16(15)29-2)30(26,27)23-11-17(25)24-22-10-12-5-3-4-6-14(12)18(19,20)21/h3-10,23H,11H2,1-2H3,(H,24,25)/b22-10-. The number of alkyl halides is 3. The topological polar surface area (TPSA) is 106 Å². The maximum Gasteiger partial charge on any atom is 0.417 e. The lowest BCUT2D eigenvalue weighted by Gasteiger charge is -2.11. The van der Waals surface area contributed by atoms with Crippen LogP contribution in [-0.4, -0.2) is 41.3 Å².